The molecule has 4 heterocycles. The van der Waals surface area contributed by atoms with Crippen molar-refractivity contribution in [2.45, 2.75) is 40.7 Å². The summed E-state index contributed by atoms with van der Waals surface area (Å²) in [6, 6.07) is 5.74. The first-order valence-corrected chi connectivity index (χ1v) is 9.85. The standard InChI is InChI=1S/C20H21N5O2S/c1-10(2)25-19-16(9-21-25)15(20(26)23-18-6-11(3)27-24-18)8-17(22-19)14-7-12(4)28-13(14)5/h6-10H,1-5H3,(H,23,24,26). The predicted molar refractivity (Wildman–Crippen MR) is 110 cm³/mol. The van der Waals surface area contributed by atoms with E-state index in [4.69, 9.17) is 9.51 Å². The van der Waals surface area contributed by atoms with E-state index in [1.807, 2.05) is 24.6 Å². The van der Waals surface area contributed by atoms with Crippen LogP contribution in [-0.4, -0.2) is 25.8 Å². The highest BCUT2D eigenvalue weighted by molar-refractivity contribution is 7.12. The van der Waals surface area contributed by atoms with Crippen molar-refractivity contribution in [1.29, 1.82) is 0 Å². The van der Waals surface area contributed by atoms with Crippen LogP contribution in [0.4, 0.5) is 5.82 Å². The fraction of sp³-hybridized carbons (Fsp3) is 0.300. The number of carbonyl (C=O) groups is 1. The number of carbonyl (C=O) groups excluding carboxylic acids is 1. The maximum Gasteiger partial charge on any atom is 0.257 e. The molecule has 0 aliphatic carbocycles. The monoisotopic (exact) mass is 395 g/mol. The molecule has 28 heavy (non-hydrogen) atoms. The third-order valence-electron chi connectivity index (χ3n) is 4.49. The first-order valence-electron chi connectivity index (χ1n) is 9.04. The molecule has 0 saturated heterocycles. The first kappa shape index (κ1) is 18.4. The Balaban J connectivity index is 1.88. The average Bonchev–Trinajstić information content (AvgIpc) is 3.32. The van der Waals surface area contributed by atoms with Crippen LogP contribution in [0.1, 0.15) is 45.8 Å². The van der Waals surface area contributed by atoms with E-state index >= 15 is 0 Å². The Hall–Kier alpha value is -3.00. The predicted octanol–water partition coefficient (Wildman–Crippen LogP) is 4.91. The van der Waals surface area contributed by atoms with Crippen LogP contribution in [0.2, 0.25) is 0 Å². The quantitative estimate of drug-likeness (QED) is 0.531. The minimum atomic E-state index is -0.269. The minimum Gasteiger partial charge on any atom is -0.360 e. The summed E-state index contributed by atoms with van der Waals surface area (Å²) in [6.07, 6.45) is 1.70. The van der Waals surface area contributed by atoms with Gasteiger partial charge in [-0.25, -0.2) is 9.67 Å². The largest absolute Gasteiger partial charge is 0.360 e. The number of aryl methyl sites for hydroxylation is 3. The van der Waals surface area contributed by atoms with Gasteiger partial charge >= 0.3 is 0 Å². The molecule has 0 aromatic carbocycles. The van der Waals surface area contributed by atoms with E-state index in [0.717, 1.165) is 11.3 Å². The van der Waals surface area contributed by atoms with E-state index < -0.39 is 0 Å². The Kier molecular flexibility index (Phi) is 4.50. The number of hydrogen-bond acceptors (Lipinski definition) is 6. The lowest BCUT2D eigenvalue weighted by Gasteiger charge is -2.10. The number of anilines is 1. The van der Waals surface area contributed by atoms with Crippen LogP contribution in [0.5, 0.6) is 0 Å². The highest BCUT2D eigenvalue weighted by atomic mass is 32.1. The third-order valence-corrected chi connectivity index (χ3v) is 5.45. The van der Waals surface area contributed by atoms with Crippen molar-refractivity contribution in [3.8, 4) is 11.3 Å². The van der Waals surface area contributed by atoms with E-state index in [-0.39, 0.29) is 11.9 Å². The zero-order chi connectivity index (χ0) is 20.0. The Morgan fingerprint density at radius 2 is 2.00 bits per heavy atom. The molecule has 0 bridgehead atoms. The molecule has 0 spiro atoms. The second-order valence-electron chi connectivity index (χ2n) is 7.08. The lowest BCUT2D eigenvalue weighted by atomic mass is 10.1. The number of nitrogens with zero attached hydrogens (tertiary/aromatic N) is 4. The fourth-order valence-electron chi connectivity index (χ4n) is 3.22. The van der Waals surface area contributed by atoms with Crippen LogP contribution in [-0.2, 0) is 0 Å². The number of fused-ring (bicyclic) bond motifs is 1. The van der Waals surface area contributed by atoms with Gasteiger partial charge in [0.25, 0.3) is 5.91 Å². The number of hydrogen-bond donors (Lipinski definition) is 1. The van der Waals surface area contributed by atoms with Crippen molar-refractivity contribution in [3.05, 3.63) is 45.5 Å². The summed E-state index contributed by atoms with van der Waals surface area (Å²) in [5, 5.41) is 11.8. The summed E-state index contributed by atoms with van der Waals surface area (Å²) in [6.45, 7) is 9.99. The molecule has 0 saturated carbocycles. The second kappa shape index (κ2) is 6.87. The van der Waals surface area contributed by atoms with Gasteiger partial charge in [0, 0.05) is 27.4 Å². The molecule has 0 fully saturated rings. The van der Waals surface area contributed by atoms with Gasteiger partial charge in [-0.05, 0) is 46.8 Å². The van der Waals surface area contributed by atoms with Gasteiger partial charge < -0.3 is 9.84 Å². The molecule has 1 N–H and O–H groups in total. The van der Waals surface area contributed by atoms with Crippen LogP contribution in [0.3, 0.4) is 0 Å². The molecule has 7 nitrogen and oxygen atoms in total. The summed E-state index contributed by atoms with van der Waals surface area (Å²) in [5.74, 6) is 0.746. The van der Waals surface area contributed by atoms with Crippen molar-refractivity contribution in [1.82, 2.24) is 19.9 Å². The summed E-state index contributed by atoms with van der Waals surface area (Å²) in [5.41, 5.74) is 3.00. The number of amides is 1. The molecule has 4 aromatic heterocycles. The number of rotatable bonds is 4. The normalized spacial score (nSPS) is 11.5. The molecule has 8 heteroatoms. The Bertz CT molecular complexity index is 1180. The van der Waals surface area contributed by atoms with Gasteiger partial charge in [-0.1, -0.05) is 5.16 Å². The highest BCUT2D eigenvalue weighted by Gasteiger charge is 2.20. The summed E-state index contributed by atoms with van der Waals surface area (Å²) in [4.78, 5) is 20.3. The van der Waals surface area contributed by atoms with Gasteiger partial charge in [0.2, 0.25) is 0 Å². The van der Waals surface area contributed by atoms with Gasteiger partial charge in [-0.15, -0.1) is 11.3 Å². The van der Waals surface area contributed by atoms with Crippen molar-refractivity contribution >= 4 is 34.1 Å². The number of pyridine rings is 1. The molecular formula is C20H21N5O2S. The molecule has 1 amide bonds. The Morgan fingerprint density at radius 3 is 2.61 bits per heavy atom. The maximum absolute atomic E-state index is 13.0. The zero-order valence-electron chi connectivity index (χ0n) is 16.4. The molecule has 0 unspecified atom stereocenters. The van der Waals surface area contributed by atoms with E-state index in [1.54, 1.807) is 30.5 Å². The highest BCUT2D eigenvalue weighted by Crippen LogP contribution is 2.32. The van der Waals surface area contributed by atoms with E-state index in [1.165, 1.54) is 9.75 Å². The molecule has 0 radical (unpaired) electrons. The van der Waals surface area contributed by atoms with Crippen LogP contribution in [0.15, 0.2) is 28.9 Å². The molecular weight excluding hydrogens is 374 g/mol. The summed E-state index contributed by atoms with van der Waals surface area (Å²) in [7, 11) is 0. The van der Waals surface area contributed by atoms with Gasteiger partial charge in [0.15, 0.2) is 11.5 Å². The van der Waals surface area contributed by atoms with Gasteiger partial charge in [-0.3, -0.25) is 4.79 Å². The SMILES string of the molecule is Cc1cc(NC(=O)c2cc(-c3cc(C)sc3C)nc3c2cnn3C(C)C)no1. The fourth-order valence-corrected chi connectivity index (χ4v) is 4.15. The topological polar surface area (TPSA) is 85.8 Å². The van der Waals surface area contributed by atoms with E-state index in [2.05, 4.69) is 35.5 Å². The van der Waals surface area contributed by atoms with Crippen LogP contribution < -0.4 is 5.32 Å². The molecule has 0 atom stereocenters. The average molecular weight is 395 g/mol. The van der Waals surface area contributed by atoms with Crippen LogP contribution >= 0.6 is 11.3 Å². The molecule has 4 aromatic rings. The molecule has 0 aliphatic heterocycles. The van der Waals surface area contributed by atoms with Crippen molar-refractivity contribution in [3.63, 3.8) is 0 Å². The van der Waals surface area contributed by atoms with Crippen LogP contribution in [0.25, 0.3) is 22.3 Å². The van der Waals surface area contributed by atoms with Gasteiger partial charge in [0.05, 0.1) is 22.8 Å². The Labute approximate surface area is 166 Å². The van der Waals surface area contributed by atoms with Crippen molar-refractivity contribution in [2.75, 3.05) is 5.32 Å². The van der Waals surface area contributed by atoms with Gasteiger partial charge in [-0.2, -0.15) is 5.10 Å². The Morgan fingerprint density at radius 1 is 1.21 bits per heavy atom. The smallest absolute Gasteiger partial charge is 0.257 e. The lowest BCUT2D eigenvalue weighted by Crippen LogP contribution is -2.13. The van der Waals surface area contributed by atoms with Gasteiger partial charge in [0.1, 0.15) is 5.76 Å². The lowest BCUT2D eigenvalue weighted by molar-refractivity contribution is 0.102. The van der Waals surface area contributed by atoms with Crippen LogP contribution in [0, 0.1) is 20.8 Å². The van der Waals surface area contributed by atoms with Crippen molar-refractivity contribution in [2.24, 2.45) is 0 Å². The second-order valence-corrected chi connectivity index (χ2v) is 8.54. The summed E-state index contributed by atoms with van der Waals surface area (Å²) < 4.78 is 6.88. The minimum absolute atomic E-state index is 0.125. The van der Waals surface area contributed by atoms with E-state index in [0.29, 0.717) is 28.2 Å². The molecule has 144 valence electrons. The molecule has 4 rings (SSSR count). The first-order chi connectivity index (χ1) is 13.3. The zero-order valence-corrected chi connectivity index (χ0v) is 17.2. The third kappa shape index (κ3) is 3.20. The maximum atomic E-state index is 13.0. The number of nitrogens with one attached hydrogen (secondary N) is 1. The molecule has 0 aliphatic rings. The van der Waals surface area contributed by atoms with E-state index in [9.17, 15) is 4.79 Å². The number of thiophene rings is 1. The van der Waals surface area contributed by atoms with Crippen molar-refractivity contribution < 1.29 is 9.32 Å². The number of aromatic nitrogens is 4. The summed E-state index contributed by atoms with van der Waals surface area (Å²) >= 11 is 1.72.